The number of hydrogen-bond acceptors (Lipinski definition) is 2. The van der Waals surface area contributed by atoms with Gasteiger partial charge in [-0.3, -0.25) is 4.90 Å². The summed E-state index contributed by atoms with van der Waals surface area (Å²) in [5.41, 5.74) is 4.24. The molecule has 3 aliphatic rings. The van der Waals surface area contributed by atoms with Crippen molar-refractivity contribution in [3.05, 3.63) is 108 Å². The Morgan fingerprint density at radius 3 is 1.79 bits per heavy atom. The molecule has 0 radical (unpaired) electrons. The predicted octanol–water partition coefficient (Wildman–Crippen LogP) is 5.07. The van der Waals surface area contributed by atoms with Crippen LogP contribution >= 0.6 is 0 Å². The highest BCUT2D eigenvalue weighted by molar-refractivity contribution is 5.36. The zero-order chi connectivity index (χ0) is 19.5. The summed E-state index contributed by atoms with van der Waals surface area (Å²) in [6.45, 7) is 3.41. The first-order valence-corrected chi connectivity index (χ1v) is 11.0. The van der Waals surface area contributed by atoms with Crippen molar-refractivity contribution >= 4 is 0 Å². The molecule has 3 fully saturated rings. The number of piperidine rings is 3. The third-order valence-corrected chi connectivity index (χ3v) is 6.92. The fourth-order valence-corrected chi connectivity index (χ4v) is 5.53. The normalized spacial score (nSPS) is 26.0. The summed E-state index contributed by atoms with van der Waals surface area (Å²) in [6, 6.07) is 34.1. The van der Waals surface area contributed by atoms with Crippen LogP contribution in [0.25, 0.3) is 0 Å². The fraction of sp³-hybridized carbons (Fsp3) is 0.333. The second-order valence-electron chi connectivity index (χ2n) is 8.56. The van der Waals surface area contributed by atoms with Crippen LogP contribution in [0.2, 0.25) is 0 Å². The number of hydrogen-bond donors (Lipinski definition) is 1. The predicted molar refractivity (Wildman–Crippen MR) is 120 cm³/mol. The molecule has 2 heteroatoms. The van der Waals surface area contributed by atoms with Gasteiger partial charge >= 0.3 is 0 Å². The molecule has 0 amide bonds. The molecule has 2 bridgehead atoms. The van der Waals surface area contributed by atoms with Gasteiger partial charge in [0.2, 0.25) is 0 Å². The average molecular weight is 383 g/mol. The number of nitrogens with zero attached hydrogens (tertiary/aromatic N) is 1. The minimum absolute atomic E-state index is 0.397. The van der Waals surface area contributed by atoms with Gasteiger partial charge < -0.3 is 5.32 Å². The van der Waals surface area contributed by atoms with Crippen LogP contribution in [-0.4, -0.2) is 30.1 Å². The Labute approximate surface area is 174 Å². The Kier molecular flexibility index (Phi) is 5.47. The van der Waals surface area contributed by atoms with Gasteiger partial charge in [-0.1, -0.05) is 91.0 Å². The Balaban J connectivity index is 1.50. The summed E-state index contributed by atoms with van der Waals surface area (Å²) in [4.78, 5) is 2.76. The number of benzene rings is 3. The molecule has 3 heterocycles. The Morgan fingerprint density at radius 1 is 0.724 bits per heavy atom. The third kappa shape index (κ3) is 3.88. The van der Waals surface area contributed by atoms with Gasteiger partial charge in [0, 0.05) is 24.5 Å². The van der Waals surface area contributed by atoms with Gasteiger partial charge in [-0.25, -0.2) is 0 Å². The average Bonchev–Trinajstić information content (AvgIpc) is 2.81. The minimum atomic E-state index is 0.397. The fourth-order valence-electron chi connectivity index (χ4n) is 5.53. The maximum atomic E-state index is 4.00. The van der Waals surface area contributed by atoms with E-state index in [1.165, 1.54) is 42.6 Å². The molecule has 6 rings (SSSR count). The summed E-state index contributed by atoms with van der Waals surface area (Å²) in [7, 11) is 0. The molecule has 3 aliphatic heterocycles. The van der Waals surface area contributed by atoms with Gasteiger partial charge in [-0.2, -0.15) is 0 Å². The molecule has 148 valence electrons. The molecular formula is C27H30N2. The van der Waals surface area contributed by atoms with E-state index >= 15 is 0 Å². The largest absolute Gasteiger partial charge is 0.308 e. The van der Waals surface area contributed by atoms with Crippen molar-refractivity contribution in [2.24, 2.45) is 5.92 Å². The molecule has 0 spiro atoms. The summed E-state index contributed by atoms with van der Waals surface area (Å²) in [6.07, 6.45) is 2.64. The van der Waals surface area contributed by atoms with Gasteiger partial charge in [-0.05, 0) is 48.5 Å². The van der Waals surface area contributed by atoms with Gasteiger partial charge in [0.25, 0.3) is 0 Å². The lowest BCUT2D eigenvalue weighted by Crippen LogP contribution is -2.64. The monoisotopic (exact) mass is 382 g/mol. The molecule has 2 atom stereocenters. The first-order valence-electron chi connectivity index (χ1n) is 11.0. The number of nitrogens with one attached hydrogen (secondary N) is 1. The van der Waals surface area contributed by atoms with Crippen LogP contribution in [-0.2, 0) is 6.54 Å². The summed E-state index contributed by atoms with van der Waals surface area (Å²) < 4.78 is 0. The summed E-state index contributed by atoms with van der Waals surface area (Å²) in [5.74, 6) is 1.16. The number of fused-ring (bicyclic) bond motifs is 3. The summed E-state index contributed by atoms with van der Waals surface area (Å²) >= 11 is 0. The molecule has 0 aromatic heterocycles. The van der Waals surface area contributed by atoms with Crippen LogP contribution in [0.15, 0.2) is 91.0 Å². The Hall–Kier alpha value is -2.42. The van der Waals surface area contributed by atoms with Crippen molar-refractivity contribution in [1.82, 2.24) is 10.2 Å². The molecular weight excluding hydrogens is 352 g/mol. The van der Waals surface area contributed by atoms with E-state index in [9.17, 15) is 0 Å². The zero-order valence-electron chi connectivity index (χ0n) is 17.0. The lowest BCUT2D eigenvalue weighted by Gasteiger charge is -2.54. The molecule has 2 nitrogen and oxygen atoms in total. The number of rotatable bonds is 6. The smallest absolute Gasteiger partial charge is 0.0361 e. The van der Waals surface area contributed by atoms with E-state index in [4.69, 9.17) is 0 Å². The van der Waals surface area contributed by atoms with Crippen molar-refractivity contribution in [3.63, 3.8) is 0 Å². The van der Waals surface area contributed by atoms with Crippen molar-refractivity contribution in [1.29, 1.82) is 0 Å². The van der Waals surface area contributed by atoms with Crippen molar-refractivity contribution in [2.75, 3.05) is 13.1 Å². The van der Waals surface area contributed by atoms with Gasteiger partial charge in [-0.15, -0.1) is 0 Å². The highest BCUT2D eigenvalue weighted by Gasteiger charge is 2.46. The quantitative estimate of drug-likeness (QED) is 0.640. The van der Waals surface area contributed by atoms with E-state index in [1.54, 1.807) is 0 Å². The molecule has 0 saturated carbocycles. The maximum Gasteiger partial charge on any atom is 0.0361 e. The first-order chi connectivity index (χ1) is 14.4. The van der Waals surface area contributed by atoms with Crippen molar-refractivity contribution < 1.29 is 0 Å². The van der Waals surface area contributed by atoms with Crippen LogP contribution in [0.4, 0.5) is 0 Å². The van der Waals surface area contributed by atoms with E-state index in [0.29, 0.717) is 18.0 Å². The van der Waals surface area contributed by atoms with Crippen LogP contribution < -0.4 is 5.32 Å². The molecule has 3 saturated heterocycles. The van der Waals surface area contributed by atoms with Gasteiger partial charge in [0.15, 0.2) is 0 Å². The molecule has 3 aromatic rings. The highest BCUT2D eigenvalue weighted by Crippen LogP contribution is 2.42. The lowest BCUT2D eigenvalue weighted by atomic mass is 9.70. The zero-order valence-corrected chi connectivity index (χ0v) is 17.0. The first kappa shape index (κ1) is 18.6. The molecule has 0 unspecified atom stereocenters. The minimum Gasteiger partial charge on any atom is -0.308 e. The molecule has 29 heavy (non-hydrogen) atoms. The van der Waals surface area contributed by atoms with E-state index < -0.39 is 0 Å². The highest BCUT2D eigenvalue weighted by atomic mass is 15.2. The molecule has 1 N–H and O–H groups in total. The SMILES string of the molecule is c1ccc(CN[C@@H]2C3CCN(CC3)[C@H]2C(c2ccccc2)c2ccccc2)cc1. The molecule has 0 aliphatic carbocycles. The molecule has 3 aromatic carbocycles. The van der Waals surface area contributed by atoms with Crippen molar-refractivity contribution in [3.8, 4) is 0 Å². The van der Waals surface area contributed by atoms with Gasteiger partial charge in [0.05, 0.1) is 0 Å². The van der Waals surface area contributed by atoms with Gasteiger partial charge in [0.1, 0.15) is 0 Å². The van der Waals surface area contributed by atoms with Crippen LogP contribution in [0.1, 0.15) is 35.4 Å². The second kappa shape index (κ2) is 8.52. The maximum absolute atomic E-state index is 4.00. The van der Waals surface area contributed by atoms with Crippen LogP contribution in [0.5, 0.6) is 0 Å². The van der Waals surface area contributed by atoms with E-state index in [1.807, 2.05) is 0 Å². The second-order valence-corrected chi connectivity index (χ2v) is 8.56. The van der Waals surface area contributed by atoms with Crippen LogP contribution in [0, 0.1) is 5.92 Å². The Bertz CT molecular complexity index is 846. The summed E-state index contributed by atoms with van der Waals surface area (Å²) in [5, 5.41) is 4.00. The van der Waals surface area contributed by atoms with Crippen molar-refractivity contribution in [2.45, 2.75) is 37.4 Å². The topological polar surface area (TPSA) is 15.3 Å². The van der Waals surface area contributed by atoms with E-state index in [2.05, 4.69) is 101 Å². The van der Waals surface area contributed by atoms with E-state index in [0.717, 1.165) is 12.5 Å². The Morgan fingerprint density at radius 2 is 1.24 bits per heavy atom. The standard InChI is InChI=1S/C27H30N2/c1-4-10-21(11-5-1)20-28-26-24-16-18-29(19-17-24)27(26)25(22-12-6-2-7-13-22)23-14-8-3-9-15-23/h1-15,24-28H,16-20H2/t26-,27+/m1/s1. The third-order valence-electron chi connectivity index (χ3n) is 6.92. The van der Waals surface area contributed by atoms with E-state index in [-0.39, 0.29) is 0 Å². The van der Waals surface area contributed by atoms with Crippen LogP contribution in [0.3, 0.4) is 0 Å². The lowest BCUT2D eigenvalue weighted by molar-refractivity contribution is 0.00468.